The Hall–Kier alpha value is -2.59. The zero-order chi connectivity index (χ0) is 15.4. The van der Waals surface area contributed by atoms with Crippen LogP contribution in [0, 0.1) is 0 Å². The molecule has 5 heteroatoms. The van der Waals surface area contributed by atoms with E-state index in [1.165, 1.54) is 0 Å². The Kier molecular flexibility index (Phi) is 4.21. The fraction of sp³-hybridized carbons (Fsp3) is 0.0588. The second-order valence-electron chi connectivity index (χ2n) is 4.70. The SMILES string of the molecule is O=C1NC(COc2ccccc2)=N/C1=C/c1ccc(Cl)cc1. The summed E-state index contributed by atoms with van der Waals surface area (Å²) in [5, 5.41) is 3.35. The smallest absolute Gasteiger partial charge is 0.275 e. The van der Waals surface area contributed by atoms with Crippen molar-refractivity contribution in [2.75, 3.05) is 6.61 Å². The fourth-order valence-electron chi connectivity index (χ4n) is 1.97. The van der Waals surface area contributed by atoms with Crippen molar-refractivity contribution in [1.82, 2.24) is 5.32 Å². The van der Waals surface area contributed by atoms with Crippen LogP contribution in [0.4, 0.5) is 0 Å². The minimum absolute atomic E-state index is 0.216. The number of rotatable bonds is 4. The third-order valence-electron chi connectivity index (χ3n) is 3.04. The van der Waals surface area contributed by atoms with Gasteiger partial charge in [0.05, 0.1) is 0 Å². The number of hydrogen-bond donors (Lipinski definition) is 1. The number of carbonyl (C=O) groups excluding carboxylic acids is 1. The molecule has 2 aromatic carbocycles. The monoisotopic (exact) mass is 312 g/mol. The number of carbonyl (C=O) groups is 1. The summed E-state index contributed by atoms with van der Waals surface area (Å²) < 4.78 is 5.56. The molecule has 22 heavy (non-hydrogen) atoms. The normalized spacial score (nSPS) is 15.6. The highest BCUT2D eigenvalue weighted by atomic mass is 35.5. The summed E-state index contributed by atoms with van der Waals surface area (Å²) in [5.41, 5.74) is 1.22. The Morgan fingerprint density at radius 1 is 1.09 bits per heavy atom. The van der Waals surface area contributed by atoms with E-state index in [1.807, 2.05) is 42.5 Å². The predicted octanol–water partition coefficient (Wildman–Crippen LogP) is 3.29. The first-order valence-corrected chi connectivity index (χ1v) is 7.12. The van der Waals surface area contributed by atoms with Crippen molar-refractivity contribution in [3.05, 3.63) is 70.9 Å². The minimum Gasteiger partial charge on any atom is -0.486 e. The van der Waals surface area contributed by atoms with E-state index in [9.17, 15) is 4.79 Å². The molecule has 0 radical (unpaired) electrons. The quantitative estimate of drug-likeness (QED) is 0.881. The summed E-state index contributed by atoms with van der Waals surface area (Å²) in [6, 6.07) is 16.6. The molecule has 4 nitrogen and oxygen atoms in total. The lowest BCUT2D eigenvalue weighted by Gasteiger charge is -2.04. The van der Waals surface area contributed by atoms with E-state index in [0.717, 1.165) is 11.3 Å². The van der Waals surface area contributed by atoms with Gasteiger partial charge >= 0.3 is 0 Å². The second-order valence-corrected chi connectivity index (χ2v) is 5.13. The van der Waals surface area contributed by atoms with E-state index in [0.29, 0.717) is 16.6 Å². The first kappa shape index (κ1) is 14.4. The van der Waals surface area contributed by atoms with Gasteiger partial charge in [-0.25, -0.2) is 4.99 Å². The number of benzene rings is 2. The molecule has 1 aliphatic heterocycles. The molecule has 0 fully saturated rings. The Labute approximate surface area is 133 Å². The van der Waals surface area contributed by atoms with Crippen LogP contribution in [0.2, 0.25) is 5.02 Å². The molecular weight excluding hydrogens is 300 g/mol. The molecule has 0 bridgehead atoms. The van der Waals surface area contributed by atoms with Crippen LogP contribution in [0.1, 0.15) is 5.56 Å². The van der Waals surface area contributed by atoms with E-state index < -0.39 is 0 Å². The average molecular weight is 313 g/mol. The Balaban J connectivity index is 1.70. The van der Waals surface area contributed by atoms with E-state index in [1.54, 1.807) is 18.2 Å². The van der Waals surface area contributed by atoms with Crippen molar-refractivity contribution in [3.63, 3.8) is 0 Å². The van der Waals surface area contributed by atoms with Gasteiger partial charge in [-0.1, -0.05) is 41.9 Å². The Bertz CT molecular complexity index is 737. The molecule has 1 aliphatic rings. The standard InChI is InChI=1S/C17H13ClN2O2/c18-13-8-6-12(7-9-13)10-15-17(21)20-16(19-15)11-22-14-4-2-1-3-5-14/h1-10H,11H2,(H,19,20,21)/b15-10+. The van der Waals surface area contributed by atoms with Gasteiger partial charge in [0.25, 0.3) is 5.91 Å². The van der Waals surface area contributed by atoms with E-state index >= 15 is 0 Å². The van der Waals surface area contributed by atoms with E-state index in [2.05, 4.69) is 10.3 Å². The zero-order valence-electron chi connectivity index (χ0n) is 11.6. The molecule has 0 spiro atoms. The molecular formula is C17H13ClN2O2. The average Bonchev–Trinajstić information content (AvgIpc) is 2.89. The van der Waals surface area contributed by atoms with E-state index in [-0.39, 0.29) is 12.5 Å². The molecule has 2 aromatic rings. The lowest BCUT2D eigenvalue weighted by molar-refractivity contribution is -0.115. The minimum atomic E-state index is -0.235. The molecule has 110 valence electrons. The third kappa shape index (κ3) is 3.54. The number of nitrogens with one attached hydrogen (secondary N) is 1. The molecule has 0 saturated carbocycles. The van der Waals surface area contributed by atoms with Crippen molar-refractivity contribution < 1.29 is 9.53 Å². The summed E-state index contributed by atoms with van der Waals surface area (Å²) in [5.74, 6) is 0.991. The number of amides is 1. The summed E-state index contributed by atoms with van der Waals surface area (Å²) in [7, 11) is 0. The number of aliphatic imine (C=N–C) groups is 1. The maximum atomic E-state index is 11.9. The van der Waals surface area contributed by atoms with Crippen LogP contribution in [0.5, 0.6) is 5.75 Å². The highest BCUT2D eigenvalue weighted by Crippen LogP contribution is 2.15. The highest BCUT2D eigenvalue weighted by Gasteiger charge is 2.20. The highest BCUT2D eigenvalue weighted by molar-refractivity contribution is 6.30. The van der Waals surface area contributed by atoms with Gasteiger partial charge < -0.3 is 10.1 Å². The molecule has 1 N–H and O–H groups in total. The Morgan fingerprint density at radius 3 is 2.55 bits per heavy atom. The molecule has 0 aliphatic carbocycles. The van der Waals surface area contributed by atoms with Crippen LogP contribution < -0.4 is 10.1 Å². The van der Waals surface area contributed by atoms with Gasteiger partial charge in [0, 0.05) is 5.02 Å². The molecule has 0 atom stereocenters. The van der Waals surface area contributed by atoms with Crippen molar-refractivity contribution in [2.45, 2.75) is 0 Å². The van der Waals surface area contributed by atoms with Gasteiger partial charge in [-0.2, -0.15) is 0 Å². The van der Waals surface area contributed by atoms with Crippen LogP contribution in [-0.2, 0) is 4.79 Å². The van der Waals surface area contributed by atoms with Gasteiger partial charge in [0.1, 0.15) is 23.9 Å². The van der Waals surface area contributed by atoms with Crippen LogP contribution in [0.3, 0.4) is 0 Å². The van der Waals surface area contributed by atoms with Crippen molar-refractivity contribution in [2.24, 2.45) is 4.99 Å². The molecule has 0 unspecified atom stereocenters. The lowest BCUT2D eigenvalue weighted by atomic mass is 10.2. The van der Waals surface area contributed by atoms with Gasteiger partial charge in [-0.05, 0) is 35.9 Å². The first-order chi connectivity index (χ1) is 10.7. The van der Waals surface area contributed by atoms with Crippen molar-refractivity contribution in [3.8, 4) is 5.75 Å². The molecule has 0 saturated heterocycles. The maximum Gasteiger partial charge on any atom is 0.275 e. The summed E-state index contributed by atoms with van der Waals surface area (Å²) in [4.78, 5) is 16.2. The topological polar surface area (TPSA) is 50.7 Å². The summed E-state index contributed by atoms with van der Waals surface area (Å²) in [6.07, 6.45) is 1.71. The van der Waals surface area contributed by atoms with E-state index in [4.69, 9.17) is 16.3 Å². The van der Waals surface area contributed by atoms with Gasteiger partial charge in [0.2, 0.25) is 0 Å². The van der Waals surface area contributed by atoms with Crippen LogP contribution >= 0.6 is 11.6 Å². The van der Waals surface area contributed by atoms with Gasteiger partial charge in [0.15, 0.2) is 0 Å². The largest absolute Gasteiger partial charge is 0.486 e. The Morgan fingerprint density at radius 2 is 1.82 bits per heavy atom. The number of para-hydroxylation sites is 1. The van der Waals surface area contributed by atoms with Crippen molar-refractivity contribution >= 4 is 29.4 Å². The summed E-state index contributed by atoms with van der Waals surface area (Å²) >= 11 is 5.84. The predicted molar refractivity (Wildman–Crippen MR) is 86.9 cm³/mol. The van der Waals surface area contributed by atoms with Gasteiger partial charge in [-0.3, -0.25) is 4.79 Å². The van der Waals surface area contributed by atoms with Crippen molar-refractivity contribution in [1.29, 1.82) is 0 Å². The number of amidine groups is 1. The molecule has 3 rings (SSSR count). The second kappa shape index (κ2) is 6.45. The van der Waals surface area contributed by atoms with Crippen LogP contribution in [-0.4, -0.2) is 18.3 Å². The number of halogens is 1. The lowest BCUT2D eigenvalue weighted by Crippen LogP contribution is -2.28. The van der Waals surface area contributed by atoms with Crippen LogP contribution in [0.25, 0.3) is 6.08 Å². The number of nitrogens with zero attached hydrogens (tertiary/aromatic N) is 1. The fourth-order valence-corrected chi connectivity index (χ4v) is 2.10. The van der Waals surface area contributed by atoms with Gasteiger partial charge in [-0.15, -0.1) is 0 Å². The summed E-state index contributed by atoms with van der Waals surface area (Å²) in [6.45, 7) is 0.216. The molecule has 1 amide bonds. The maximum absolute atomic E-state index is 11.9. The third-order valence-corrected chi connectivity index (χ3v) is 3.29. The first-order valence-electron chi connectivity index (χ1n) is 6.75. The zero-order valence-corrected chi connectivity index (χ0v) is 12.4. The molecule has 0 aromatic heterocycles. The molecule has 1 heterocycles. The van der Waals surface area contributed by atoms with Crippen LogP contribution in [0.15, 0.2) is 65.3 Å². The number of hydrogen-bond acceptors (Lipinski definition) is 3. The number of ether oxygens (including phenoxy) is 1.